The highest BCUT2D eigenvalue weighted by Crippen LogP contribution is 2.26. The lowest BCUT2D eigenvalue weighted by Crippen LogP contribution is -2.19. The Morgan fingerprint density at radius 3 is 2.52 bits per heavy atom. The molecule has 4 rings (SSSR count). The Bertz CT molecular complexity index is 1170. The zero-order valence-electron chi connectivity index (χ0n) is 15.8. The van der Waals surface area contributed by atoms with Crippen molar-refractivity contribution in [1.82, 2.24) is 10.3 Å². The van der Waals surface area contributed by atoms with E-state index in [4.69, 9.17) is 4.42 Å². The molecule has 2 aromatic heterocycles. The summed E-state index contributed by atoms with van der Waals surface area (Å²) >= 11 is 0. The van der Waals surface area contributed by atoms with E-state index in [1.165, 1.54) is 0 Å². The Hall–Kier alpha value is -3.93. The van der Waals surface area contributed by atoms with Crippen molar-refractivity contribution in [2.45, 2.75) is 6.42 Å². The summed E-state index contributed by atoms with van der Waals surface area (Å²) in [6.45, 7) is 0. The summed E-state index contributed by atoms with van der Waals surface area (Å²) in [5.41, 5.74) is 3.34. The Morgan fingerprint density at radius 2 is 1.79 bits per heavy atom. The molecule has 0 saturated carbocycles. The van der Waals surface area contributed by atoms with Crippen molar-refractivity contribution in [1.29, 1.82) is 0 Å². The monoisotopic (exact) mass is 385 g/mol. The number of pyridine rings is 1. The van der Waals surface area contributed by atoms with Crippen molar-refractivity contribution in [2.24, 2.45) is 0 Å². The number of aromatic nitrogens is 1. The number of amides is 2. The number of likely N-dealkylation sites (N-methyl/N-ethyl adjacent to an activating group) is 1. The highest BCUT2D eigenvalue weighted by atomic mass is 16.3. The molecule has 6 nitrogen and oxygen atoms in total. The second-order valence-electron chi connectivity index (χ2n) is 6.55. The fraction of sp³-hybridized carbons (Fsp3) is 0.0870. The molecule has 2 aromatic carbocycles. The van der Waals surface area contributed by atoms with E-state index < -0.39 is 0 Å². The van der Waals surface area contributed by atoms with Crippen LogP contribution in [0.5, 0.6) is 0 Å². The van der Waals surface area contributed by atoms with Crippen molar-refractivity contribution in [3.8, 4) is 11.5 Å². The van der Waals surface area contributed by atoms with Crippen LogP contribution in [0, 0.1) is 0 Å². The van der Waals surface area contributed by atoms with Crippen LogP contribution >= 0.6 is 0 Å². The molecule has 0 fully saturated rings. The van der Waals surface area contributed by atoms with Gasteiger partial charge in [0, 0.05) is 18.1 Å². The first kappa shape index (κ1) is 18.4. The van der Waals surface area contributed by atoms with Crippen molar-refractivity contribution in [2.75, 3.05) is 12.4 Å². The van der Waals surface area contributed by atoms with E-state index in [2.05, 4.69) is 15.6 Å². The first-order valence-corrected chi connectivity index (χ1v) is 9.18. The van der Waals surface area contributed by atoms with Crippen LogP contribution in [0.2, 0.25) is 0 Å². The van der Waals surface area contributed by atoms with Gasteiger partial charge in [0.05, 0.1) is 23.8 Å². The van der Waals surface area contributed by atoms with Crippen LogP contribution in [-0.4, -0.2) is 23.8 Å². The minimum Gasteiger partial charge on any atom is -0.463 e. The largest absolute Gasteiger partial charge is 0.463 e. The molecule has 0 bridgehead atoms. The SMILES string of the molecule is CNC(=O)Cc1ccc(NC(=O)c2cc(-c3ccco3)nc3ccccc23)cc1. The van der Waals surface area contributed by atoms with Crippen molar-refractivity contribution in [3.05, 3.63) is 84.1 Å². The average Bonchev–Trinajstić information content (AvgIpc) is 3.29. The Morgan fingerprint density at radius 1 is 1.00 bits per heavy atom. The molecular formula is C23H19N3O3. The topological polar surface area (TPSA) is 84.2 Å². The highest BCUT2D eigenvalue weighted by molar-refractivity contribution is 6.13. The summed E-state index contributed by atoms with van der Waals surface area (Å²) in [6.07, 6.45) is 1.87. The van der Waals surface area contributed by atoms with Gasteiger partial charge < -0.3 is 15.1 Å². The predicted molar refractivity (Wildman–Crippen MR) is 112 cm³/mol. The Labute approximate surface area is 167 Å². The fourth-order valence-electron chi connectivity index (χ4n) is 3.09. The second kappa shape index (κ2) is 7.98. The van der Waals surface area contributed by atoms with Crippen LogP contribution in [-0.2, 0) is 11.2 Å². The molecule has 2 heterocycles. The molecule has 2 amide bonds. The lowest BCUT2D eigenvalue weighted by atomic mass is 10.1. The molecule has 0 aliphatic carbocycles. The number of carbonyl (C=O) groups is 2. The van der Waals surface area contributed by atoms with E-state index in [1.54, 1.807) is 37.6 Å². The quantitative estimate of drug-likeness (QED) is 0.543. The molecule has 0 atom stereocenters. The van der Waals surface area contributed by atoms with Gasteiger partial charge in [-0.15, -0.1) is 0 Å². The summed E-state index contributed by atoms with van der Waals surface area (Å²) in [4.78, 5) is 29.1. The minimum atomic E-state index is -0.240. The van der Waals surface area contributed by atoms with Crippen LogP contribution in [0.3, 0.4) is 0 Å². The number of carbonyl (C=O) groups excluding carboxylic acids is 2. The molecule has 0 radical (unpaired) electrons. The molecule has 0 aliphatic rings. The van der Waals surface area contributed by atoms with E-state index in [9.17, 15) is 9.59 Å². The van der Waals surface area contributed by atoms with Crippen molar-refractivity contribution >= 4 is 28.4 Å². The molecule has 0 unspecified atom stereocenters. The number of benzene rings is 2. The van der Waals surface area contributed by atoms with Gasteiger partial charge in [-0.2, -0.15) is 0 Å². The number of fused-ring (bicyclic) bond motifs is 1. The third kappa shape index (κ3) is 4.01. The van der Waals surface area contributed by atoms with Gasteiger partial charge >= 0.3 is 0 Å². The number of furan rings is 1. The van der Waals surface area contributed by atoms with Crippen molar-refractivity contribution < 1.29 is 14.0 Å². The number of hydrogen-bond acceptors (Lipinski definition) is 4. The molecule has 0 spiro atoms. The average molecular weight is 385 g/mol. The third-order valence-electron chi connectivity index (χ3n) is 4.59. The maximum absolute atomic E-state index is 13.0. The van der Waals surface area contributed by atoms with E-state index in [-0.39, 0.29) is 11.8 Å². The van der Waals surface area contributed by atoms with Gasteiger partial charge in [-0.05, 0) is 42.0 Å². The summed E-state index contributed by atoms with van der Waals surface area (Å²) in [5, 5.41) is 6.27. The molecule has 0 saturated heterocycles. The molecule has 4 aromatic rings. The van der Waals surface area contributed by atoms with E-state index in [0.717, 1.165) is 10.9 Å². The maximum atomic E-state index is 13.0. The van der Waals surface area contributed by atoms with Gasteiger partial charge in [0.25, 0.3) is 5.91 Å². The molecule has 2 N–H and O–H groups in total. The zero-order valence-corrected chi connectivity index (χ0v) is 15.8. The number of para-hydroxylation sites is 1. The maximum Gasteiger partial charge on any atom is 0.256 e. The number of rotatable bonds is 5. The zero-order chi connectivity index (χ0) is 20.2. The van der Waals surface area contributed by atoms with E-state index >= 15 is 0 Å². The summed E-state index contributed by atoms with van der Waals surface area (Å²) in [5.74, 6) is 0.300. The van der Waals surface area contributed by atoms with Gasteiger partial charge in [0.2, 0.25) is 5.91 Å². The van der Waals surface area contributed by atoms with Crippen LogP contribution < -0.4 is 10.6 Å². The van der Waals surface area contributed by atoms with Crippen LogP contribution in [0.15, 0.2) is 77.4 Å². The lowest BCUT2D eigenvalue weighted by Gasteiger charge is -2.10. The predicted octanol–water partition coefficient (Wildman–Crippen LogP) is 4.04. The standard InChI is InChI=1S/C23H19N3O3/c1-24-22(27)13-15-8-10-16(11-9-15)25-23(28)18-14-20(21-7-4-12-29-21)26-19-6-3-2-5-17(18)19/h2-12,14H,13H2,1H3,(H,24,27)(H,25,28). The molecule has 29 heavy (non-hydrogen) atoms. The minimum absolute atomic E-state index is 0.0597. The van der Waals surface area contributed by atoms with Gasteiger partial charge in [-0.1, -0.05) is 30.3 Å². The Balaban J connectivity index is 1.64. The second-order valence-corrected chi connectivity index (χ2v) is 6.55. The molecular weight excluding hydrogens is 366 g/mol. The number of anilines is 1. The first-order chi connectivity index (χ1) is 14.1. The number of nitrogens with zero attached hydrogens (tertiary/aromatic N) is 1. The summed E-state index contributed by atoms with van der Waals surface area (Å²) < 4.78 is 5.45. The number of nitrogens with one attached hydrogen (secondary N) is 2. The summed E-state index contributed by atoms with van der Waals surface area (Å²) in [6, 6.07) is 20.0. The Kier molecular flexibility index (Phi) is 5.07. The van der Waals surface area contributed by atoms with Gasteiger partial charge in [-0.3, -0.25) is 9.59 Å². The highest BCUT2D eigenvalue weighted by Gasteiger charge is 2.15. The van der Waals surface area contributed by atoms with Crippen molar-refractivity contribution in [3.63, 3.8) is 0 Å². The summed E-state index contributed by atoms with van der Waals surface area (Å²) in [7, 11) is 1.60. The smallest absolute Gasteiger partial charge is 0.256 e. The first-order valence-electron chi connectivity index (χ1n) is 9.18. The fourth-order valence-corrected chi connectivity index (χ4v) is 3.09. The lowest BCUT2D eigenvalue weighted by molar-refractivity contribution is -0.119. The third-order valence-corrected chi connectivity index (χ3v) is 4.59. The van der Waals surface area contributed by atoms with Gasteiger partial charge in [0.15, 0.2) is 5.76 Å². The number of hydrogen-bond donors (Lipinski definition) is 2. The molecule has 0 aliphatic heterocycles. The van der Waals surface area contributed by atoms with Gasteiger partial charge in [-0.25, -0.2) is 4.98 Å². The van der Waals surface area contributed by atoms with E-state index in [1.807, 2.05) is 42.5 Å². The van der Waals surface area contributed by atoms with Gasteiger partial charge in [0.1, 0.15) is 5.69 Å². The molecule has 144 valence electrons. The van der Waals surface area contributed by atoms with E-state index in [0.29, 0.717) is 34.6 Å². The van der Waals surface area contributed by atoms with Crippen LogP contribution in [0.1, 0.15) is 15.9 Å². The normalized spacial score (nSPS) is 10.7. The molecule has 6 heteroatoms. The van der Waals surface area contributed by atoms with Crippen LogP contribution in [0.4, 0.5) is 5.69 Å². The van der Waals surface area contributed by atoms with Crippen LogP contribution in [0.25, 0.3) is 22.4 Å².